The van der Waals surface area contributed by atoms with Gasteiger partial charge in [-0.25, -0.2) is 0 Å². The molecule has 2 aromatic heterocycles. The van der Waals surface area contributed by atoms with Gasteiger partial charge < -0.3 is 9.90 Å². The van der Waals surface area contributed by atoms with Gasteiger partial charge in [-0.3, -0.25) is 0 Å². The van der Waals surface area contributed by atoms with E-state index < -0.39 is 5.97 Å². The number of carboxylic acid groups (broad SMARTS) is 1. The number of rotatable bonds is 0. The van der Waals surface area contributed by atoms with E-state index in [2.05, 4.69) is 16.5 Å². The molecular weight excluding hydrogens is 178 g/mol. The summed E-state index contributed by atoms with van der Waals surface area (Å²) in [6, 6.07) is 12.3. The van der Waals surface area contributed by atoms with Crippen molar-refractivity contribution in [3.8, 4) is 0 Å². The summed E-state index contributed by atoms with van der Waals surface area (Å²) in [7, 11) is 0. The van der Waals surface area contributed by atoms with Crippen LogP contribution in [0.3, 0.4) is 0 Å². The molecule has 0 saturated heterocycles. The lowest BCUT2D eigenvalue weighted by atomic mass is 10.3. The zero-order valence-corrected chi connectivity index (χ0v) is 7.88. The highest BCUT2D eigenvalue weighted by Gasteiger charge is 1.93. The first-order valence-electron chi connectivity index (χ1n) is 4.23. The number of hydrogen-bond donors (Lipinski definition) is 0. The van der Waals surface area contributed by atoms with Crippen molar-refractivity contribution in [3.05, 3.63) is 48.8 Å². The Hall–Kier alpha value is -1.90. The number of hydrogen-bond acceptors (Lipinski definition) is 2. The number of carboxylic acids is 1. The number of aliphatic carboxylic acids is 1. The summed E-state index contributed by atoms with van der Waals surface area (Å²) in [5, 5.41) is 8.89. The van der Waals surface area contributed by atoms with Crippen molar-refractivity contribution in [3.63, 3.8) is 0 Å². The fourth-order valence-electron chi connectivity index (χ4n) is 1.04. The summed E-state index contributed by atoms with van der Waals surface area (Å²) >= 11 is 0. The molecule has 0 bridgehead atoms. The van der Waals surface area contributed by atoms with E-state index in [1.165, 1.54) is 5.52 Å². The Kier molecular flexibility index (Phi) is 3.61. The Bertz CT molecular complexity index is 357. The van der Waals surface area contributed by atoms with E-state index in [9.17, 15) is 0 Å². The number of aromatic nitrogens is 1. The summed E-state index contributed by atoms with van der Waals surface area (Å²) < 4.78 is 2.08. The van der Waals surface area contributed by atoms with Gasteiger partial charge in [0.15, 0.2) is 12.4 Å². The molecule has 2 rings (SSSR count). The number of fused-ring (bicyclic) bond motifs is 1. The van der Waals surface area contributed by atoms with Crippen LogP contribution in [0, 0.1) is 0 Å². The van der Waals surface area contributed by atoms with Crippen molar-refractivity contribution >= 4 is 11.5 Å². The lowest BCUT2D eigenvalue weighted by Gasteiger charge is -1.85. The summed E-state index contributed by atoms with van der Waals surface area (Å²) in [5.74, 6) is -1.08. The molecule has 3 nitrogen and oxygen atoms in total. The van der Waals surface area contributed by atoms with E-state index in [0.717, 1.165) is 6.92 Å². The summed E-state index contributed by atoms with van der Waals surface area (Å²) in [4.78, 5) is 8.89. The zero-order chi connectivity index (χ0) is 10.4. The Morgan fingerprint density at radius 3 is 1.93 bits per heavy atom. The fourth-order valence-corrected chi connectivity index (χ4v) is 1.04. The molecule has 2 heterocycles. The highest BCUT2D eigenvalue weighted by atomic mass is 16.4. The number of carbonyl (C=O) groups excluding carboxylic acids is 1. The highest BCUT2D eigenvalue weighted by molar-refractivity contribution is 5.60. The van der Waals surface area contributed by atoms with Gasteiger partial charge >= 0.3 is 0 Å². The molecule has 0 aliphatic rings. The van der Waals surface area contributed by atoms with Gasteiger partial charge in [-0.1, -0.05) is 0 Å². The van der Waals surface area contributed by atoms with E-state index in [1.807, 2.05) is 36.7 Å². The largest absolute Gasteiger partial charge is 0.550 e. The third-order valence-corrected chi connectivity index (χ3v) is 1.55. The van der Waals surface area contributed by atoms with E-state index in [4.69, 9.17) is 9.90 Å². The third kappa shape index (κ3) is 3.23. The Morgan fingerprint density at radius 1 is 1.14 bits per heavy atom. The standard InChI is InChI=1S/C9H8N.C2H4O2/c1-3-7-10-8-4-2-6-9(10)5-1;1-2(3)4/h1-8H;1H3,(H,3,4)/q+1;/p-1. The quantitative estimate of drug-likeness (QED) is 0.555. The monoisotopic (exact) mass is 189 g/mol. The van der Waals surface area contributed by atoms with Crippen molar-refractivity contribution in [2.24, 2.45) is 0 Å². The first-order chi connectivity index (χ1) is 6.70. The molecule has 0 unspecified atom stereocenters. The van der Waals surface area contributed by atoms with Crippen molar-refractivity contribution in [2.45, 2.75) is 6.92 Å². The first kappa shape index (κ1) is 10.2. The highest BCUT2D eigenvalue weighted by Crippen LogP contribution is 1.92. The number of pyridine rings is 2. The van der Waals surface area contributed by atoms with Gasteiger partial charge in [-0.05, 0) is 19.1 Å². The molecule has 0 spiro atoms. The van der Waals surface area contributed by atoms with Gasteiger partial charge in [0.1, 0.15) is 0 Å². The predicted molar refractivity (Wildman–Crippen MR) is 50.3 cm³/mol. The van der Waals surface area contributed by atoms with E-state index in [-0.39, 0.29) is 0 Å². The van der Waals surface area contributed by atoms with Gasteiger partial charge in [0.25, 0.3) is 0 Å². The van der Waals surface area contributed by atoms with Crippen LogP contribution in [-0.2, 0) is 4.79 Å². The molecule has 0 fully saturated rings. The van der Waals surface area contributed by atoms with Gasteiger partial charge in [-0.15, -0.1) is 0 Å². The molecule has 0 amide bonds. The molecule has 0 aliphatic heterocycles. The maximum absolute atomic E-state index is 8.89. The Morgan fingerprint density at radius 2 is 1.57 bits per heavy atom. The SMILES string of the molecule is CC(=O)[O-].c1cc[n+]2ccccc2c1. The second-order valence-electron chi connectivity index (χ2n) is 2.72. The minimum absolute atomic E-state index is 0.972. The van der Waals surface area contributed by atoms with E-state index in [0.29, 0.717) is 0 Å². The second kappa shape index (κ2) is 4.97. The third-order valence-electron chi connectivity index (χ3n) is 1.55. The molecule has 0 aromatic carbocycles. The summed E-state index contributed by atoms with van der Waals surface area (Å²) in [6.07, 6.45) is 4.07. The van der Waals surface area contributed by atoms with Gasteiger partial charge in [0, 0.05) is 30.2 Å². The van der Waals surface area contributed by atoms with Crippen LogP contribution in [0.15, 0.2) is 48.8 Å². The van der Waals surface area contributed by atoms with Gasteiger partial charge in [0.05, 0.1) is 0 Å². The van der Waals surface area contributed by atoms with Crippen molar-refractivity contribution in [2.75, 3.05) is 0 Å². The van der Waals surface area contributed by atoms with Crippen LogP contribution in [-0.4, -0.2) is 5.97 Å². The molecule has 0 radical (unpaired) electrons. The van der Waals surface area contributed by atoms with Crippen LogP contribution in [0.5, 0.6) is 0 Å². The van der Waals surface area contributed by atoms with Gasteiger partial charge in [0.2, 0.25) is 5.52 Å². The normalized spacial score (nSPS) is 8.93. The first-order valence-corrected chi connectivity index (χ1v) is 4.23. The van der Waals surface area contributed by atoms with Crippen LogP contribution in [0.25, 0.3) is 5.52 Å². The molecule has 14 heavy (non-hydrogen) atoms. The number of nitrogens with zero attached hydrogens (tertiary/aromatic N) is 1. The molecule has 3 heteroatoms. The Balaban J connectivity index is 0.000000213. The smallest absolute Gasteiger partial charge is 0.210 e. The minimum atomic E-state index is -1.08. The molecule has 2 aromatic rings. The number of carbonyl (C=O) groups is 1. The topological polar surface area (TPSA) is 44.2 Å². The van der Waals surface area contributed by atoms with E-state index in [1.54, 1.807) is 0 Å². The lowest BCUT2D eigenvalue weighted by molar-refractivity contribution is -0.511. The van der Waals surface area contributed by atoms with Crippen molar-refractivity contribution < 1.29 is 14.3 Å². The summed E-state index contributed by atoms with van der Waals surface area (Å²) in [6.45, 7) is 0.972. The van der Waals surface area contributed by atoms with Gasteiger partial charge in [-0.2, -0.15) is 4.40 Å². The van der Waals surface area contributed by atoms with Crippen LogP contribution in [0.2, 0.25) is 0 Å². The van der Waals surface area contributed by atoms with Crippen molar-refractivity contribution in [1.82, 2.24) is 0 Å². The van der Waals surface area contributed by atoms with Crippen LogP contribution < -0.4 is 9.51 Å². The Labute approximate surface area is 82.3 Å². The van der Waals surface area contributed by atoms with E-state index >= 15 is 0 Å². The van der Waals surface area contributed by atoms with Crippen LogP contribution in [0.1, 0.15) is 6.92 Å². The average Bonchev–Trinajstić information content (AvgIpc) is 2.17. The maximum Gasteiger partial charge on any atom is 0.210 e. The summed E-state index contributed by atoms with van der Waals surface area (Å²) in [5.41, 5.74) is 1.23. The molecule has 0 aliphatic carbocycles. The van der Waals surface area contributed by atoms with Crippen LogP contribution in [0.4, 0.5) is 0 Å². The zero-order valence-electron chi connectivity index (χ0n) is 7.88. The lowest BCUT2D eigenvalue weighted by Crippen LogP contribution is -2.18. The minimum Gasteiger partial charge on any atom is -0.550 e. The molecular formula is C11H11NO2. The maximum atomic E-state index is 8.89. The predicted octanol–water partition coefficient (Wildman–Crippen LogP) is 0.181. The molecule has 0 N–H and O–H groups in total. The molecule has 0 atom stereocenters. The van der Waals surface area contributed by atoms with Crippen LogP contribution >= 0.6 is 0 Å². The fraction of sp³-hybridized carbons (Fsp3) is 0.0909. The second-order valence-corrected chi connectivity index (χ2v) is 2.72. The molecule has 0 saturated carbocycles. The average molecular weight is 189 g/mol. The molecule has 72 valence electrons. The van der Waals surface area contributed by atoms with Crippen molar-refractivity contribution in [1.29, 1.82) is 0 Å².